The highest BCUT2D eigenvalue weighted by Crippen LogP contribution is 2.29. The van der Waals surface area contributed by atoms with Crippen molar-refractivity contribution in [3.05, 3.63) is 60.2 Å². The molecule has 1 aliphatic rings. The van der Waals surface area contributed by atoms with Gasteiger partial charge in [0.15, 0.2) is 6.54 Å². The molecule has 0 atom stereocenters. The molecule has 1 fully saturated rings. The number of para-hydroxylation sites is 1. The van der Waals surface area contributed by atoms with E-state index in [2.05, 4.69) is 17.4 Å². The zero-order chi connectivity index (χ0) is 20.5. The van der Waals surface area contributed by atoms with Crippen LogP contribution < -0.4 is 10.2 Å². The number of anilines is 1. The van der Waals surface area contributed by atoms with E-state index >= 15 is 0 Å². The maximum absolute atomic E-state index is 12.6. The molecule has 1 saturated heterocycles. The minimum Gasteiger partial charge on any atom is -0.450 e. The molecule has 0 aromatic heterocycles. The van der Waals surface area contributed by atoms with Crippen LogP contribution in [0.5, 0.6) is 0 Å². The molecule has 2 amide bonds. The van der Waals surface area contributed by atoms with E-state index in [1.54, 1.807) is 23.6 Å². The first-order chi connectivity index (χ1) is 14.2. The van der Waals surface area contributed by atoms with Gasteiger partial charge in [-0.05, 0) is 24.6 Å². The molecular weight excluding hydrogens is 386 g/mol. The van der Waals surface area contributed by atoms with Crippen LogP contribution in [0.2, 0.25) is 0 Å². The smallest absolute Gasteiger partial charge is 0.410 e. The van der Waals surface area contributed by atoms with Gasteiger partial charge in [0.25, 0.3) is 5.91 Å². The van der Waals surface area contributed by atoms with E-state index in [4.69, 9.17) is 4.74 Å². The molecular formula is C22H28N3O3S+. The van der Waals surface area contributed by atoms with Crippen molar-refractivity contribution in [2.45, 2.75) is 17.6 Å². The van der Waals surface area contributed by atoms with Crippen molar-refractivity contribution < 1.29 is 19.2 Å². The maximum Gasteiger partial charge on any atom is 0.410 e. The van der Waals surface area contributed by atoms with Crippen molar-refractivity contribution >= 4 is 29.4 Å². The molecule has 1 heterocycles. The number of amides is 2. The quantitative estimate of drug-likeness (QED) is 0.683. The second-order valence-corrected chi connectivity index (χ2v) is 7.95. The molecule has 7 heteroatoms. The topological polar surface area (TPSA) is 63.1 Å². The van der Waals surface area contributed by atoms with Crippen LogP contribution >= 0.6 is 11.8 Å². The lowest BCUT2D eigenvalue weighted by Crippen LogP contribution is -3.15. The second-order valence-electron chi connectivity index (χ2n) is 6.93. The Morgan fingerprint density at radius 2 is 1.76 bits per heavy atom. The molecule has 0 unspecified atom stereocenters. The Labute approximate surface area is 176 Å². The van der Waals surface area contributed by atoms with E-state index < -0.39 is 0 Å². The zero-order valence-electron chi connectivity index (χ0n) is 16.7. The van der Waals surface area contributed by atoms with Gasteiger partial charge in [0.2, 0.25) is 0 Å². The van der Waals surface area contributed by atoms with E-state index in [9.17, 15) is 9.59 Å². The number of quaternary nitrogens is 1. The summed E-state index contributed by atoms with van der Waals surface area (Å²) in [5.41, 5.74) is 2.10. The summed E-state index contributed by atoms with van der Waals surface area (Å²) in [4.78, 5) is 28.3. The zero-order valence-corrected chi connectivity index (χ0v) is 17.5. The number of nitrogens with one attached hydrogen (secondary N) is 2. The number of hydrogen-bond donors (Lipinski definition) is 2. The minimum atomic E-state index is -0.264. The van der Waals surface area contributed by atoms with E-state index in [-0.39, 0.29) is 12.0 Å². The predicted octanol–water partition coefficient (Wildman–Crippen LogP) is 2.27. The molecule has 0 saturated carbocycles. The van der Waals surface area contributed by atoms with E-state index in [1.807, 2.05) is 42.5 Å². The first-order valence-corrected chi connectivity index (χ1v) is 10.9. The van der Waals surface area contributed by atoms with Crippen LogP contribution in [-0.2, 0) is 15.3 Å². The summed E-state index contributed by atoms with van der Waals surface area (Å²) in [6.45, 7) is 5.31. The van der Waals surface area contributed by atoms with Crippen molar-refractivity contribution in [1.29, 1.82) is 0 Å². The Hall–Kier alpha value is -2.51. The fraction of sp³-hybridized carbons (Fsp3) is 0.364. The van der Waals surface area contributed by atoms with Gasteiger partial charge >= 0.3 is 6.09 Å². The van der Waals surface area contributed by atoms with Crippen LogP contribution in [-0.4, -0.2) is 56.2 Å². The largest absolute Gasteiger partial charge is 0.450 e. The highest BCUT2D eigenvalue weighted by molar-refractivity contribution is 7.98. The van der Waals surface area contributed by atoms with Crippen molar-refractivity contribution in [2.75, 3.05) is 44.6 Å². The molecule has 6 nitrogen and oxygen atoms in total. The number of ether oxygens (including phenoxy) is 1. The molecule has 154 valence electrons. The molecule has 1 aliphatic heterocycles. The number of benzene rings is 2. The van der Waals surface area contributed by atoms with Crippen LogP contribution in [0.25, 0.3) is 0 Å². The summed E-state index contributed by atoms with van der Waals surface area (Å²) in [5, 5.41) is 3.06. The summed E-state index contributed by atoms with van der Waals surface area (Å²) >= 11 is 1.72. The summed E-state index contributed by atoms with van der Waals surface area (Å²) < 4.78 is 5.04. The summed E-state index contributed by atoms with van der Waals surface area (Å²) in [5.74, 6) is 0.853. The van der Waals surface area contributed by atoms with Gasteiger partial charge in [-0.25, -0.2) is 4.79 Å². The Bertz CT molecular complexity index is 808. The summed E-state index contributed by atoms with van der Waals surface area (Å²) in [7, 11) is 0. The second kappa shape index (κ2) is 10.9. The van der Waals surface area contributed by atoms with Gasteiger partial charge in [-0.2, -0.15) is 0 Å². The molecule has 29 heavy (non-hydrogen) atoms. The van der Waals surface area contributed by atoms with Gasteiger partial charge in [0, 0.05) is 10.6 Å². The third-order valence-corrected chi connectivity index (χ3v) is 5.95. The average molecular weight is 415 g/mol. The highest BCUT2D eigenvalue weighted by Gasteiger charge is 2.26. The fourth-order valence-electron chi connectivity index (χ4n) is 3.25. The average Bonchev–Trinajstić information content (AvgIpc) is 2.74. The monoisotopic (exact) mass is 414 g/mol. The molecule has 0 aliphatic carbocycles. The predicted molar refractivity (Wildman–Crippen MR) is 115 cm³/mol. The van der Waals surface area contributed by atoms with Crippen LogP contribution in [0.3, 0.4) is 0 Å². The number of nitrogens with zero attached hydrogens (tertiary/aromatic N) is 1. The Morgan fingerprint density at radius 1 is 1.07 bits per heavy atom. The Kier molecular flexibility index (Phi) is 7.95. The summed E-state index contributed by atoms with van der Waals surface area (Å²) in [6.07, 6.45) is -0.264. The van der Waals surface area contributed by atoms with Crippen molar-refractivity contribution in [2.24, 2.45) is 0 Å². The normalized spacial score (nSPS) is 14.4. The highest BCUT2D eigenvalue weighted by atomic mass is 32.2. The van der Waals surface area contributed by atoms with Gasteiger partial charge in [-0.3, -0.25) is 9.69 Å². The van der Waals surface area contributed by atoms with Crippen LogP contribution in [0, 0.1) is 0 Å². The van der Waals surface area contributed by atoms with Crippen molar-refractivity contribution in [3.8, 4) is 0 Å². The minimum absolute atomic E-state index is 0.00246. The van der Waals surface area contributed by atoms with E-state index in [1.165, 1.54) is 10.5 Å². The molecule has 2 aromatic rings. The first-order valence-electron chi connectivity index (χ1n) is 9.96. The maximum atomic E-state index is 12.6. The van der Waals surface area contributed by atoms with E-state index in [0.717, 1.165) is 29.4 Å². The van der Waals surface area contributed by atoms with Crippen LogP contribution in [0.1, 0.15) is 12.5 Å². The molecule has 3 rings (SSSR count). The van der Waals surface area contributed by atoms with Gasteiger partial charge in [0.05, 0.1) is 38.5 Å². The lowest BCUT2D eigenvalue weighted by molar-refractivity contribution is -0.895. The number of rotatable bonds is 7. The lowest BCUT2D eigenvalue weighted by Gasteiger charge is -2.31. The van der Waals surface area contributed by atoms with E-state index in [0.29, 0.717) is 26.2 Å². The van der Waals surface area contributed by atoms with Crippen LogP contribution in [0.4, 0.5) is 10.5 Å². The Balaban J connectivity index is 1.49. The summed E-state index contributed by atoms with van der Waals surface area (Å²) in [6, 6.07) is 18.2. The molecule has 0 radical (unpaired) electrons. The number of hydrogen-bond acceptors (Lipinski definition) is 4. The number of piperazine rings is 1. The molecule has 2 aromatic carbocycles. The third kappa shape index (κ3) is 6.51. The molecule has 2 N–H and O–H groups in total. The standard InChI is InChI=1S/C22H27N3O3S/c1-2-28-22(27)25-14-12-24(13-15-25)16-21(26)23-19-10-6-7-11-20(19)29-17-18-8-4-3-5-9-18/h3-11H,2,12-17H2,1H3,(H,23,26)/p+1. The lowest BCUT2D eigenvalue weighted by atomic mass is 10.2. The number of thioether (sulfide) groups is 1. The molecule has 0 bridgehead atoms. The number of carbonyl (C=O) groups excluding carboxylic acids is 2. The van der Waals surface area contributed by atoms with Gasteiger partial charge in [0.1, 0.15) is 0 Å². The third-order valence-electron chi connectivity index (χ3n) is 4.81. The number of carbonyl (C=O) groups is 2. The SMILES string of the molecule is CCOC(=O)N1CC[NH+](CC(=O)Nc2ccccc2SCc2ccccc2)CC1. The van der Waals surface area contributed by atoms with Crippen molar-refractivity contribution in [3.63, 3.8) is 0 Å². The van der Waals surface area contributed by atoms with Gasteiger partial charge in [-0.15, -0.1) is 11.8 Å². The van der Waals surface area contributed by atoms with Gasteiger partial charge < -0.3 is 15.0 Å². The van der Waals surface area contributed by atoms with Crippen LogP contribution in [0.15, 0.2) is 59.5 Å². The first kappa shape index (κ1) is 21.2. The van der Waals surface area contributed by atoms with Gasteiger partial charge in [-0.1, -0.05) is 42.5 Å². The fourth-order valence-corrected chi connectivity index (χ4v) is 4.21. The van der Waals surface area contributed by atoms with Crippen molar-refractivity contribution in [1.82, 2.24) is 4.90 Å². The molecule has 0 spiro atoms. The Morgan fingerprint density at radius 3 is 2.48 bits per heavy atom.